The third kappa shape index (κ3) is 2.80. The third-order valence-corrected chi connectivity index (χ3v) is 3.86. The lowest BCUT2D eigenvalue weighted by Crippen LogP contribution is -1.96. The zero-order chi connectivity index (χ0) is 16.6. The Labute approximate surface area is 137 Å². The number of hydrogen-bond donors (Lipinski definition) is 1. The molecule has 0 amide bonds. The van der Waals surface area contributed by atoms with Crippen molar-refractivity contribution in [1.82, 2.24) is 9.38 Å². The van der Waals surface area contributed by atoms with Gasteiger partial charge in [0, 0.05) is 11.2 Å². The largest absolute Gasteiger partial charge is 0.476 e. The molecule has 1 aromatic carbocycles. The fourth-order valence-corrected chi connectivity index (χ4v) is 2.35. The highest BCUT2D eigenvalue weighted by Crippen LogP contribution is 2.29. The van der Waals surface area contributed by atoms with Crippen LogP contribution in [-0.4, -0.2) is 20.5 Å². The van der Waals surface area contributed by atoms with Crippen LogP contribution < -0.4 is 0 Å². The number of aryl methyl sites for hydroxylation is 1. The summed E-state index contributed by atoms with van der Waals surface area (Å²) >= 11 is 6.06. The topological polar surface area (TPSA) is 79.3 Å². The van der Waals surface area contributed by atoms with Gasteiger partial charge in [-0.2, -0.15) is 0 Å². The van der Waals surface area contributed by atoms with Crippen LogP contribution in [0.1, 0.15) is 21.6 Å². The number of carboxylic acid groups (broad SMARTS) is 1. The molecule has 0 fully saturated rings. The number of aromatic carboxylic acids is 1. The number of halogens is 1. The molecular weight excluding hydrogens is 316 g/mol. The minimum absolute atomic E-state index is 0.140. The average molecular weight is 329 g/mol. The summed E-state index contributed by atoms with van der Waals surface area (Å²) in [5, 5.41) is 18.2. The lowest BCUT2D eigenvalue weighted by atomic mass is 10.2. The molecule has 0 aliphatic heterocycles. The predicted molar refractivity (Wildman–Crippen MR) is 87.3 cm³/mol. The van der Waals surface area contributed by atoms with Gasteiger partial charge in [0.1, 0.15) is 5.65 Å². The predicted octanol–water partition coefficient (Wildman–Crippen LogP) is 4.72. The molecule has 0 atom stereocenters. The highest BCUT2D eigenvalue weighted by Gasteiger charge is 2.18. The molecule has 0 saturated heterocycles. The molecule has 0 saturated carbocycles. The van der Waals surface area contributed by atoms with Gasteiger partial charge >= 0.3 is 5.97 Å². The molecular formula is C16H13ClN4O2. The maximum Gasteiger partial charge on any atom is 0.358 e. The summed E-state index contributed by atoms with van der Waals surface area (Å²) in [6.07, 6.45) is 1.73. The summed E-state index contributed by atoms with van der Waals surface area (Å²) in [7, 11) is 0. The summed E-state index contributed by atoms with van der Waals surface area (Å²) in [4.78, 5) is 15.5. The highest BCUT2D eigenvalue weighted by molar-refractivity contribution is 6.31. The van der Waals surface area contributed by atoms with Crippen molar-refractivity contribution in [1.29, 1.82) is 0 Å². The number of imidazole rings is 1. The Morgan fingerprint density at radius 1 is 1.26 bits per heavy atom. The van der Waals surface area contributed by atoms with E-state index in [1.54, 1.807) is 34.9 Å². The van der Waals surface area contributed by atoms with Gasteiger partial charge < -0.3 is 5.11 Å². The van der Waals surface area contributed by atoms with Crippen LogP contribution in [0.15, 0.2) is 46.8 Å². The van der Waals surface area contributed by atoms with Crippen LogP contribution in [0, 0.1) is 13.8 Å². The van der Waals surface area contributed by atoms with Crippen molar-refractivity contribution >= 4 is 34.7 Å². The third-order valence-electron chi connectivity index (χ3n) is 3.45. The summed E-state index contributed by atoms with van der Waals surface area (Å²) in [5.41, 5.74) is 2.71. The maximum atomic E-state index is 11.4. The van der Waals surface area contributed by atoms with Crippen molar-refractivity contribution in [3.8, 4) is 0 Å². The summed E-state index contributed by atoms with van der Waals surface area (Å²) in [6, 6.07) is 8.92. The number of pyridine rings is 1. The molecule has 3 rings (SSSR count). The van der Waals surface area contributed by atoms with E-state index in [1.807, 2.05) is 19.9 Å². The molecule has 0 bridgehead atoms. The molecule has 0 unspecified atom stereocenters. The van der Waals surface area contributed by atoms with Crippen LogP contribution in [0.25, 0.3) is 5.65 Å². The maximum absolute atomic E-state index is 11.4. The quantitative estimate of drug-likeness (QED) is 0.706. The van der Waals surface area contributed by atoms with Gasteiger partial charge in [0.05, 0.1) is 5.69 Å². The molecule has 0 aliphatic carbocycles. The Kier molecular flexibility index (Phi) is 3.83. The molecule has 0 spiro atoms. The monoisotopic (exact) mass is 328 g/mol. The minimum atomic E-state index is -1.15. The molecule has 23 heavy (non-hydrogen) atoms. The van der Waals surface area contributed by atoms with E-state index in [0.717, 1.165) is 11.1 Å². The molecule has 116 valence electrons. The van der Waals surface area contributed by atoms with Gasteiger partial charge in [-0.1, -0.05) is 17.7 Å². The number of rotatable bonds is 3. The van der Waals surface area contributed by atoms with Crippen molar-refractivity contribution in [2.75, 3.05) is 0 Å². The molecule has 1 N–H and O–H groups in total. The van der Waals surface area contributed by atoms with Crippen molar-refractivity contribution in [3.05, 3.63) is 58.4 Å². The van der Waals surface area contributed by atoms with E-state index in [1.165, 1.54) is 0 Å². The number of fused-ring (bicyclic) bond motifs is 1. The van der Waals surface area contributed by atoms with Crippen molar-refractivity contribution in [2.24, 2.45) is 10.2 Å². The normalized spacial score (nSPS) is 11.4. The van der Waals surface area contributed by atoms with E-state index in [4.69, 9.17) is 11.6 Å². The first-order valence-corrected chi connectivity index (χ1v) is 7.24. The van der Waals surface area contributed by atoms with Gasteiger partial charge in [-0.15, -0.1) is 10.2 Å². The fourth-order valence-electron chi connectivity index (χ4n) is 2.18. The van der Waals surface area contributed by atoms with Crippen LogP contribution in [0.5, 0.6) is 0 Å². The number of azo groups is 1. The first-order valence-electron chi connectivity index (χ1n) is 6.86. The average Bonchev–Trinajstić information content (AvgIpc) is 2.86. The van der Waals surface area contributed by atoms with Gasteiger partial charge in [0.15, 0.2) is 11.5 Å². The second-order valence-corrected chi connectivity index (χ2v) is 5.51. The van der Waals surface area contributed by atoms with Crippen LogP contribution in [-0.2, 0) is 0 Å². The van der Waals surface area contributed by atoms with Gasteiger partial charge in [0.25, 0.3) is 0 Å². The second-order valence-electron chi connectivity index (χ2n) is 5.11. The smallest absolute Gasteiger partial charge is 0.358 e. The number of carbonyl (C=O) groups is 1. The molecule has 0 aliphatic rings. The van der Waals surface area contributed by atoms with E-state index in [0.29, 0.717) is 16.4 Å². The number of aromatic nitrogens is 2. The Morgan fingerprint density at radius 3 is 2.78 bits per heavy atom. The number of nitrogens with zero attached hydrogens (tertiary/aromatic N) is 4. The van der Waals surface area contributed by atoms with E-state index in [9.17, 15) is 9.90 Å². The van der Waals surface area contributed by atoms with Crippen molar-refractivity contribution in [3.63, 3.8) is 0 Å². The van der Waals surface area contributed by atoms with E-state index in [2.05, 4.69) is 15.2 Å². The zero-order valence-corrected chi connectivity index (χ0v) is 13.2. The van der Waals surface area contributed by atoms with Crippen LogP contribution in [0.4, 0.5) is 11.5 Å². The molecule has 2 aromatic heterocycles. The Morgan fingerprint density at radius 2 is 2.04 bits per heavy atom. The lowest BCUT2D eigenvalue weighted by molar-refractivity contribution is 0.0692. The summed E-state index contributed by atoms with van der Waals surface area (Å²) in [5.74, 6) is -0.977. The highest BCUT2D eigenvalue weighted by atomic mass is 35.5. The number of benzene rings is 1. The van der Waals surface area contributed by atoms with Crippen LogP contribution >= 0.6 is 11.6 Å². The van der Waals surface area contributed by atoms with Crippen molar-refractivity contribution in [2.45, 2.75) is 13.8 Å². The van der Waals surface area contributed by atoms with Crippen LogP contribution in [0.3, 0.4) is 0 Å². The zero-order valence-electron chi connectivity index (χ0n) is 12.5. The van der Waals surface area contributed by atoms with Gasteiger partial charge in [-0.05, 0) is 49.2 Å². The van der Waals surface area contributed by atoms with Gasteiger partial charge in [-0.25, -0.2) is 9.78 Å². The Bertz CT molecular complexity index is 947. The van der Waals surface area contributed by atoms with Crippen LogP contribution in [0.2, 0.25) is 5.02 Å². The van der Waals surface area contributed by atoms with E-state index in [-0.39, 0.29) is 11.5 Å². The first-order chi connectivity index (χ1) is 11.0. The number of hydrogen-bond acceptors (Lipinski definition) is 4. The fraction of sp³-hybridized carbons (Fsp3) is 0.125. The summed E-state index contributed by atoms with van der Waals surface area (Å²) < 4.78 is 1.60. The Balaban J connectivity index is 2.15. The van der Waals surface area contributed by atoms with Gasteiger partial charge in [-0.3, -0.25) is 4.40 Å². The molecule has 7 heteroatoms. The molecule has 6 nitrogen and oxygen atoms in total. The Hall–Kier alpha value is -2.73. The molecule has 3 aromatic rings. The lowest BCUT2D eigenvalue weighted by Gasteiger charge is -2.01. The molecule has 0 radical (unpaired) electrons. The first kappa shape index (κ1) is 15.2. The van der Waals surface area contributed by atoms with Gasteiger partial charge in [0.2, 0.25) is 0 Å². The summed E-state index contributed by atoms with van der Waals surface area (Å²) in [6.45, 7) is 3.73. The number of carboxylic acids is 1. The standard InChI is InChI=1S/C16H13ClN4O2/c1-9-6-7-21-13(8-9)18-14(16(22)23)15(21)20-19-12-5-3-4-11(17)10(12)2/h3-8H,1-2H3,(H,22,23). The minimum Gasteiger partial charge on any atom is -0.476 e. The van der Waals surface area contributed by atoms with Crippen molar-refractivity contribution < 1.29 is 9.90 Å². The molecule has 2 heterocycles. The second kappa shape index (κ2) is 5.81. The van der Waals surface area contributed by atoms with E-state index < -0.39 is 5.97 Å². The van der Waals surface area contributed by atoms with E-state index >= 15 is 0 Å². The SMILES string of the molecule is Cc1ccn2c(N=Nc3cccc(Cl)c3C)c(C(=O)O)nc2c1.